The van der Waals surface area contributed by atoms with Crippen LogP contribution in [0.5, 0.6) is 0 Å². The summed E-state index contributed by atoms with van der Waals surface area (Å²) in [5.41, 5.74) is 3.10. The molecule has 1 radical (unpaired) electrons. The molecule has 0 aromatic heterocycles. The van der Waals surface area contributed by atoms with E-state index in [0.717, 1.165) is 11.1 Å². The minimum absolute atomic E-state index is 0.00111. The third-order valence-electron chi connectivity index (χ3n) is 1.92. The second kappa shape index (κ2) is 3.39. The van der Waals surface area contributed by atoms with E-state index < -0.39 is 5.97 Å². The van der Waals surface area contributed by atoms with Gasteiger partial charge in [0.25, 0.3) is 0 Å². The summed E-state index contributed by atoms with van der Waals surface area (Å²) in [6, 6.07) is 5.62. The van der Waals surface area contributed by atoms with Gasteiger partial charge in [-0.15, -0.1) is 0 Å². The zero-order chi connectivity index (χ0) is 9.14. The topological polar surface area (TPSA) is 37.0 Å². The molecule has 0 amide bonds. The number of benzene rings is 1. The van der Waals surface area contributed by atoms with Crippen LogP contribution in [-0.2, 0) is 16.3 Å². The van der Waals surface area contributed by atoms with Crippen molar-refractivity contribution in [2.75, 3.05) is 0 Å². The standard InChI is InChI=1S/C10H11O2/c1-7-3-4-9(5-8(7)2)6-10(11)12/h3-5H,6H2,1-2H3. The van der Waals surface area contributed by atoms with Crippen LogP contribution in [0.1, 0.15) is 16.7 Å². The first-order chi connectivity index (χ1) is 5.59. The van der Waals surface area contributed by atoms with Crippen molar-refractivity contribution in [2.24, 2.45) is 0 Å². The quantitative estimate of drug-likeness (QED) is 0.655. The fourth-order valence-corrected chi connectivity index (χ4v) is 1.08. The summed E-state index contributed by atoms with van der Waals surface area (Å²) in [7, 11) is 0. The van der Waals surface area contributed by atoms with Gasteiger partial charge in [0.1, 0.15) is 0 Å². The number of hydrogen-bond acceptors (Lipinski definition) is 1. The molecule has 0 aliphatic heterocycles. The van der Waals surface area contributed by atoms with E-state index in [1.54, 1.807) is 0 Å². The maximum Gasteiger partial charge on any atom is 0.359 e. The summed E-state index contributed by atoms with van der Waals surface area (Å²) in [6.07, 6.45) is 0.00111. The predicted octanol–water partition coefficient (Wildman–Crippen LogP) is 1.80. The van der Waals surface area contributed by atoms with Gasteiger partial charge < -0.3 is 0 Å². The Bertz CT molecular complexity index is 303. The molecule has 1 aromatic carbocycles. The third-order valence-corrected chi connectivity index (χ3v) is 1.92. The van der Waals surface area contributed by atoms with Crippen LogP contribution in [0.4, 0.5) is 0 Å². The number of carbonyl (C=O) groups excluding carboxylic acids is 1. The van der Waals surface area contributed by atoms with E-state index in [1.165, 1.54) is 5.56 Å². The Morgan fingerprint density at radius 1 is 1.25 bits per heavy atom. The Morgan fingerprint density at radius 2 is 1.92 bits per heavy atom. The SMILES string of the molecule is Cc1ccc(CC([O])=O)cc1C. The molecule has 0 N–H and O–H groups in total. The first-order valence-corrected chi connectivity index (χ1v) is 3.85. The van der Waals surface area contributed by atoms with E-state index in [1.807, 2.05) is 32.0 Å². The van der Waals surface area contributed by atoms with Crippen LogP contribution in [0, 0.1) is 13.8 Å². The summed E-state index contributed by atoms with van der Waals surface area (Å²) in [5, 5.41) is 10.3. The molecule has 1 rings (SSSR count). The van der Waals surface area contributed by atoms with Crippen LogP contribution < -0.4 is 0 Å². The summed E-state index contributed by atoms with van der Waals surface area (Å²) < 4.78 is 0. The van der Waals surface area contributed by atoms with E-state index >= 15 is 0 Å². The van der Waals surface area contributed by atoms with Crippen molar-refractivity contribution in [2.45, 2.75) is 20.3 Å². The molecule has 0 heterocycles. The summed E-state index contributed by atoms with van der Waals surface area (Å²) in [6.45, 7) is 3.96. The highest BCUT2D eigenvalue weighted by Gasteiger charge is 2.02. The lowest BCUT2D eigenvalue weighted by Crippen LogP contribution is -1.98. The van der Waals surface area contributed by atoms with Gasteiger partial charge in [0.15, 0.2) is 0 Å². The van der Waals surface area contributed by atoms with E-state index in [2.05, 4.69) is 0 Å². The molecule has 0 saturated heterocycles. The summed E-state index contributed by atoms with van der Waals surface area (Å²) in [5.74, 6) is -1.03. The van der Waals surface area contributed by atoms with Crippen molar-refractivity contribution in [3.8, 4) is 0 Å². The van der Waals surface area contributed by atoms with Gasteiger partial charge in [-0.3, -0.25) is 0 Å². The maximum absolute atomic E-state index is 10.3. The fourth-order valence-electron chi connectivity index (χ4n) is 1.08. The van der Waals surface area contributed by atoms with Crippen molar-refractivity contribution >= 4 is 5.97 Å². The van der Waals surface area contributed by atoms with Gasteiger partial charge in [-0.2, -0.15) is 0 Å². The fraction of sp³-hybridized carbons (Fsp3) is 0.300. The number of aryl methyl sites for hydroxylation is 2. The van der Waals surface area contributed by atoms with E-state index in [-0.39, 0.29) is 6.42 Å². The minimum atomic E-state index is -1.03. The van der Waals surface area contributed by atoms with Gasteiger partial charge in [-0.1, -0.05) is 18.2 Å². The smallest absolute Gasteiger partial charge is 0.247 e. The normalized spacial score (nSPS) is 9.83. The van der Waals surface area contributed by atoms with Crippen LogP contribution in [0.25, 0.3) is 0 Å². The van der Waals surface area contributed by atoms with Crippen LogP contribution in [-0.4, -0.2) is 5.97 Å². The molecule has 0 spiro atoms. The second-order valence-corrected chi connectivity index (χ2v) is 2.97. The van der Waals surface area contributed by atoms with Gasteiger partial charge in [0.2, 0.25) is 0 Å². The molecular weight excluding hydrogens is 152 g/mol. The molecule has 1 aromatic rings. The van der Waals surface area contributed by atoms with Crippen molar-refractivity contribution in [1.29, 1.82) is 0 Å². The van der Waals surface area contributed by atoms with Crippen LogP contribution in [0.15, 0.2) is 18.2 Å². The van der Waals surface area contributed by atoms with Crippen LogP contribution in [0.2, 0.25) is 0 Å². The molecule has 12 heavy (non-hydrogen) atoms. The number of rotatable bonds is 2. The average Bonchev–Trinajstić information content (AvgIpc) is 1.96. The van der Waals surface area contributed by atoms with Gasteiger partial charge in [-0.05, 0) is 30.5 Å². The molecule has 0 saturated carbocycles. The monoisotopic (exact) mass is 163 g/mol. The highest BCUT2D eigenvalue weighted by Crippen LogP contribution is 2.10. The zero-order valence-electron chi connectivity index (χ0n) is 7.26. The zero-order valence-corrected chi connectivity index (χ0v) is 7.26. The number of hydrogen-bond donors (Lipinski definition) is 0. The van der Waals surface area contributed by atoms with Crippen molar-refractivity contribution < 1.29 is 9.90 Å². The predicted molar refractivity (Wildman–Crippen MR) is 45.3 cm³/mol. The second-order valence-electron chi connectivity index (χ2n) is 2.97. The van der Waals surface area contributed by atoms with Crippen LogP contribution in [0.3, 0.4) is 0 Å². The third kappa shape index (κ3) is 2.09. The highest BCUT2D eigenvalue weighted by molar-refractivity contribution is 5.69. The Kier molecular flexibility index (Phi) is 2.48. The van der Waals surface area contributed by atoms with E-state index in [4.69, 9.17) is 0 Å². The Morgan fingerprint density at radius 3 is 2.42 bits per heavy atom. The molecular formula is C10H11O2. The lowest BCUT2D eigenvalue weighted by Gasteiger charge is -2.01. The highest BCUT2D eigenvalue weighted by atomic mass is 16.4. The van der Waals surface area contributed by atoms with Gasteiger partial charge in [0, 0.05) is 0 Å². The van der Waals surface area contributed by atoms with Gasteiger partial charge in [0.05, 0.1) is 6.42 Å². The van der Waals surface area contributed by atoms with Crippen molar-refractivity contribution in [3.63, 3.8) is 0 Å². The summed E-state index contributed by atoms with van der Waals surface area (Å²) >= 11 is 0. The first-order valence-electron chi connectivity index (χ1n) is 3.85. The molecule has 2 nitrogen and oxygen atoms in total. The van der Waals surface area contributed by atoms with Gasteiger partial charge >= 0.3 is 5.97 Å². The molecule has 0 unspecified atom stereocenters. The molecule has 0 aliphatic carbocycles. The maximum atomic E-state index is 10.3. The minimum Gasteiger partial charge on any atom is -0.247 e. The van der Waals surface area contributed by atoms with E-state index in [0.29, 0.717) is 0 Å². The molecule has 2 heteroatoms. The van der Waals surface area contributed by atoms with Crippen molar-refractivity contribution in [1.82, 2.24) is 0 Å². The largest absolute Gasteiger partial charge is 0.359 e. The Hall–Kier alpha value is -1.31. The van der Waals surface area contributed by atoms with Crippen LogP contribution >= 0.6 is 0 Å². The first kappa shape index (κ1) is 8.78. The Labute approximate surface area is 71.8 Å². The summed E-state index contributed by atoms with van der Waals surface area (Å²) in [4.78, 5) is 10.3. The number of carbonyl (C=O) groups is 1. The lowest BCUT2D eigenvalue weighted by molar-refractivity contribution is -0.142. The molecule has 63 valence electrons. The molecule has 0 fully saturated rings. The molecule has 0 aliphatic rings. The molecule has 0 bridgehead atoms. The van der Waals surface area contributed by atoms with Crippen molar-refractivity contribution in [3.05, 3.63) is 34.9 Å². The Balaban J connectivity index is 2.89. The average molecular weight is 163 g/mol. The van der Waals surface area contributed by atoms with E-state index in [9.17, 15) is 9.90 Å². The lowest BCUT2D eigenvalue weighted by atomic mass is 10.0. The molecule has 0 atom stereocenters. The van der Waals surface area contributed by atoms with Gasteiger partial charge in [-0.25, -0.2) is 9.90 Å².